The molecule has 0 spiro atoms. The van der Waals surface area contributed by atoms with Gasteiger partial charge in [-0.25, -0.2) is 9.40 Å². The fraction of sp³-hybridized carbons (Fsp3) is 0.214. The number of nitrogens with one attached hydrogen (secondary N) is 1. The summed E-state index contributed by atoms with van der Waals surface area (Å²) in [5, 5.41) is 9.76. The summed E-state index contributed by atoms with van der Waals surface area (Å²) in [6, 6.07) is 19.1. The zero-order chi connectivity index (χ0) is 26.1. The summed E-state index contributed by atoms with van der Waals surface area (Å²) >= 11 is 7.49. The first-order valence-electron chi connectivity index (χ1n) is 11.8. The smallest absolute Gasteiger partial charge is 0.262 e. The van der Waals surface area contributed by atoms with Gasteiger partial charge >= 0.3 is 0 Å². The van der Waals surface area contributed by atoms with Crippen molar-refractivity contribution in [1.29, 1.82) is 0 Å². The number of benzene rings is 3. The summed E-state index contributed by atoms with van der Waals surface area (Å²) in [5.41, 5.74) is 5.24. The maximum atomic E-state index is 13.5. The molecule has 188 valence electrons. The molecule has 2 amide bonds. The number of amides is 2. The molecule has 5 rings (SSSR count). The Morgan fingerprint density at radius 3 is 2.65 bits per heavy atom. The fourth-order valence-electron chi connectivity index (χ4n) is 4.40. The second kappa shape index (κ2) is 10.5. The highest BCUT2D eigenvalue weighted by Gasteiger charge is 2.39. The number of aryl methyl sites for hydroxylation is 2. The lowest BCUT2D eigenvalue weighted by Gasteiger charge is -2.23. The van der Waals surface area contributed by atoms with Crippen LogP contribution in [0.25, 0.3) is 0 Å². The number of nitrogens with zero attached hydrogens (tertiary/aromatic N) is 3. The first-order valence-corrected chi connectivity index (χ1v) is 13.1. The lowest BCUT2D eigenvalue weighted by Crippen LogP contribution is -2.25. The Morgan fingerprint density at radius 2 is 1.92 bits per heavy atom. The molecule has 2 unspecified atom stereocenters. The minimum absolute atomic E-state index is 0.00593. The van der Waals surface area contributed by atoms with E-state index in [1.165, 1.54) is 23.9 Å². The van der Waals surface area contributed by atoms with E-state index in [0.717, 1.165) is 33.7 Å². The Bertz CT molecular complexity index is 1440. The number of aliphatic imine (C=N–C) groups is 1. The number of carbonyl (C=O) groups is 2. The van der Waals surface area contributed by atoms with Crippen molar-refractivity contribution in [1.82, 2.24) is 5.01 Å². The van der Waals surface area contributed by atoms with Gasteiger partial charge in [-0.2, -0.15) is 10.1 Å². The largest absolute Gasteiger partial charge is 0.326 e. The third-order valence-electron chi connectivity index (χ3n) is 6.27. The third-order valence-corrected chi connectivity index (χ3v) is 7.65. The Morgan fingerprint density at radius 1 is 1.14 bits per heavy atom. The van der Waals surface area contributed by atoms with E-state index in [9.17, 15) is 14.0 Å². The van der Waals surface area contributed by atoms with Gasteiger partial charge in [0.1, 0.15) is 11.1 Å². The molecule has 0 fully saturated rings. The molecule has 0 saturated carbocycles. The maximum absolute atomic E-state index is 13.5. The Kier molecular flexibility index (Phi) is 7.13. The molecule has 0 aliphatic carbocycles. The van der Waals surface area contributed by atoms with Crippen LogP contribution in [0.2, 0.25) is 5.02 Å². The topological polar surface area (TPSA) is 74.1 Å². The molecule has 1 N–H and O–H groups in total. The standard InChI is InChI=1S/C28H24ClFN4O2S/c1-16-6-11-22(17(2)12-16)31-26(35)15-25-27(36)32-28(37-25)34-24(19-4-3-5-20(29)13-19)14-23(33-34)18-7-9-21(30)10-8-18/h3-13,24-25H,14-15H2,1-2H3,(H,31,35). The highest BCUT2D eigenvalue weighted by Crippen LogP contribution is 2.39. The van der Waals surface area contributed by atoms with E-state index in [-0.39, 0.29) is 30.1 Å². The summed E-state index contributed by atoms with van der Waals surface area (Å²) < 4.78 is 13.5. The predicted molar refractivity (Wildman–Crippen MR) is 147 cm³/mol. The molecular formula is C28H24ClFN4O2S. The number of hydrazone groups is 1. The first kappa shape index (κ1) is 25.2. The van der Waals surface area contributed by atoms with Gasteiger partial charge < -0.3 is 5.32 Å². The number of carbonyl (C=O) groups excluding carboxylic acids is 2. The molecule has 37 heavy (non-hydrogen) atoms. The number of halogens is 2. The van der Waals surface area contributed by atoms with E-state index >= 15 is 0 Å². The zero-order valence-corrected chi connectivity index (χ0v) is 21.8. The number of anilines is 1. The van der Waals surface area contributed by atoms with Crippen LogP contribution >= 0.6 is 23.4 Å². The maximum Gasteiger partial charge on any atom is 0.262 e. The van der Waals surface area contributed by atoms with Gasteiger partial charge in [-0.15, -0.1) is 0 Å². The van der Waals surface area contributed by atoms with Crippen LogP contribution in [-0.4, -0.2) is 33.0 Å². The molecule has 2 atom stereocenters. The number of thioether (sulfide) groups is 1. The van der Waals surface area contributed by atoms with E-state index in [2.05, 4.69) is 10.3 Å². The first-order chi connectivity index (χ1) is 17.8. The van der Waals surface area contributed by atoms with Crippen LogP contribution in [0.3, 0.4) is 0 Å². The highest BCUT2D eigenvalue weighted by atomic mass is 35.5. The molecule has 0 radical (unpaired) electrons. The normalized spacial score (nSPS) is 19.1. The van der Waals surface area contributed by atoms with Gasteiger partial charge in [-0.1, -0.05) is 65.3 Å². The van der Waals surface area contributed by atoms with Crippen LogP contribution in [0.4, 0.5) is 10.1 Å². The van der Waals surface area contributed by atoms with E-state index < -0.39 is 5.25 Å². The minimum Gasteiger partial charge on any atom is -0.326 e. The number of hydrogen-bond donors (Lipinski definition) is 1. The summed E-state index contributed by atoms with van der Waals surface area (Å²) in [6.07, 6.45) is 0.519. The lowest BCUT2D eigenvalue weighted by molar-refractivity contribution is -0.121. The number of hydrogen-bond acceptors (Lipinski definition) is 5. The molecule has 9 heteroatoms. The molecule has 0 aromatic heterocycles. The van der Waals surface area contributed by atoms with Crippen LogP contribution in [0.15, 0.2) is 76.8 Å². The summed E-state index contributed by atoms with van der Waals surface area (Å²) in [4.78, 5) is 29.8. The molecule has 2 heterocycles. The predicted octanol–water partition coefficient (Wildman–Crippen LogP) is 6.27. The van der Waals surface area contributed by atoms with Crippen LogP contribution in [-0.2, 0) is 9.59 Å². The molecule has 2 aliphatic rings. The van der Waals surface area contributed by atoms with Gasteiger partial charge in [0, 0.05) is 23.6 Å². The van der Waals surface area contributed by atoms with Crippen molar-refractivity contribution in [2.24, 2.45) is 10.1 Å². The second-order valence-electron chi connectivity index (χ2n) is 9.08. The van der Waals surface area contributed by atoms with Gasteiger partial charge in [-0.05, 0) is 60.9 Å². The fourth-order valence-corrected chi connectivity index (χ4v) is 5.67. The lowest BCUT2D eigenvalue weighted by atomic mass is 9.98. The summed E-state index contributed by atoms with van der Waals surface area (Å²) in [7, 11) is 0. The Hall–Kier alpha value is -3.49. The van der Waals surface area contributed by atoms with Crippen LogP contribution < -0.4 is 5.32 Å². The average molecular weight is 535 g/mol. The second-order valence-corrected chi connectivity index (χ2v) is 10.7. The monoisotopic (exact) mass is 534 g/mol. The third kappa shape index (κ3) is 5.60. The van der Waals surface area contributed by atoms with E-state index in [1.54, 1.807) is 23.2 Å². The van der Waals surface area contributed by atoms with Gasteiger partial charge in [0.25, 0.3) is 5.91 Å². The quantitative estimate of drug-likeness (QED) is 0.418. The van der Waals surface area contributed by atoms with Crippen molar-refractivity contribution in [2.45, 2.75) is 38.0 Å². The minimum atomic E-state index is -0.647. The molecule has 3 aromatic carbocycles. The van der Waals surface area contributed by atoms with Crippen LogP contribution in [0.5, 0.6) is 0 Å². The van der Waals surface area contributed by atoms with Crippen molar-refractivity contribution in [3.05, 3.63) is 99.8 Å². The van der Waals surface area contributed by atoms with Crippen molar-refractivity contribution < 1.29 is 14.0 Å². The summed E-state index contributed by atoms with van der Waals surface area (Å²) in [5.74, 6) is -0.947. The zero-order valence-electron chi connectivity index (χ0n) is 20.2. The van der Waals surface area contributed by atoms with E-state index in [4.69, 9.17) is 16.7 Å². The van der Waals surface area contributed by atoms with Crippen molar-refractivity contribution >= 4 is 51.7 Å². The van der Waals surface area contributed by atoms with Gasteiger partial charge in [0.15, 0.2) is 5.17 Å². The Labute approximate surface area is 223 Å². The molecule has 2 aliphatic heterocycles. The Balaban J connectivity index is 1.35. The van der Waals surface area contributed by atoms with Gasteiger partial charge in [0.2, 0.25) is 5.91 Å². The molecule has 0 saturated heterocycles. The number of rotatable bonds is 5. The van der Waals surface area contributed by atoms with Crippen LogP contribution in [0.1, 0.15) is 41.1 Å². The average Bonchev–Trinajstić information content (AvgIpc) is 3.45. The van der Waals surface area contributed by atoms with E-state index in [1.807, 2.05) is 50.2 Å². The highest BCUT2D eigenvalue weighted by molar-refractivity contribution is 8.15. The van der Waals surface area contributed by atoms with E-state index in [0.29, 0.717) is 16.6 Å². The van der Waals surface area contributed by atoms with Crippen molar-refractivity contribution in [3.8, 4) is 0 Å². The number of amidine groups is 1. The SMILES string of the molecule is Cc1ccc(NC(=O)CC2SC(N3N=C(c4ccc(F)cc4)CC3c3cccc(Cl)c3)=NC2=O)c(C)c1. The summed E-state index contributed by atoms with van der Waals surface area (Å²) in [6.45, 7) is 3.92. The molecular weight excluding hydrogens is 511 g/mol. The molecule has 6 nitrogen and oxygen atoms in total. The van der Waals surface area contributed by atoms with Crippen molar-refractivity contribution in [2.75, 3.05) is 5.32 Å². The molecule has 0 bridgehead atoms. The van der Waals surface area contributed by atoms with Gasteiger partial charge in [0.05, 0.1) is 11.8 Å². The van der Waals surface area contributed by atoms with Crippen molar-refractivity contribution in [3.63, 3.8) is 0 Å². The van der Waals surface area contributed by atoms with Gasteiger partial charge in [-0.3, -0.25) is 9.59 Å². The molecule has 3 aromatic rings. The van der Waals surface area contributed by atoms with Crippen LogP contribution in [0, 0.1) is 19.7 Å².